The third-order valence-electron chi connectivity index (χ3n) is 5.10. The van der Waals surface area contributed by atoms with Crippen LogP contribution in [0.1, 0.15) is 30.0 Å². The van der Waals surface area contributed by atoms with E-state index in [-0.39, 0.29) is 18.7 Å². The lowest BCUT2D eigenvalue weighted by atomic mass is 10.0. The molecule has 140 valence electrons. The summed E-state index contributed by atoms with van der Waals surface area (Å²) < 4.78 is 0. The molecule has 0 radical (unpaired) electrons. The van der Waals surface area contributed by atoms with Crippen molar-refractivity contribution in [1.29, 1.82) is 0 Å². The van der Waals surface area contributed by atoms with Crippen LogP contribution in [0.4, 0.5) is 11.6 Å². The van der Waals surface area contributed by atoms with Crippen molar-refractivity contribution < 1.29 is 5.11 Å². The first-order valence-corrected chi connectivity index (χ1v) is 9.25. The minimum atomic E-state index is 0.167. The van der Waals surface area contributed by atoms with E-state index in [2.05, 4.69) is 70.4 Å². The molecule has 6 nitrogen and oxygen atoms in total. The minimum absolute atomic E-state index is 0.167. The van der Waals surface area contributed by atoms with Gasteiger partial charge in [0.05, 0.1) is 18.7 Å². The molecule has 2 atom stereocenters. The maximum Gasteiger partial charge on any atom is 0.134 e. The zero-order valence-corrected chi connectivity index (χ0v) is 15.9. The van der Waals surface area contributed by atoms with Crippen LogP contribution in [-0.4, -0.2) is 59.8 Å². The van der Waals surface area contributed by atoms with Crippen LogP contribution in [0.2, 0.25) is 0 Å². The molecule has 1 aliphatic rings. The van der Waals surface area contributed by atoms with Crippen LogP contribution >= 0.6 is 0 Å². The summed E-state index contributed by atoms with van der Waals surface area (Å²) in [6, 6.07) is 11.1. The van der Waals surface area contributed by atoms with Gasteiger partial charge < -0.3 is 20.2 Å². The second kappa shape index (κ2) is 8.47. The van der Waals surface area contributed by atoms with Gasteiger partial charge in [-0.3, -0.25) is 0 Å². The Labute approximate surface area is 155 Å². The normalized spacial score (nSPS) is 18.3. The Bertz CT molecular complexity index is 704. The number of hydrogen-bond acceptors (Lipinski definition) is 6. The zero-order chi connectivity index (χ0) is 18.5. The summed E-state index contributed by atoms with van der Waals surface area (Å²) >= 11 is 0. The maximum atomic E-state index is 9.54. The summed E-state index contributed by atoms with van der Waals surface area (Å²) in [4.78, 5) is 13.2. The Morgan fingerprint density at radius 2 is 2.04 bits per heavy atom. The average Bonchev–Trinajstić information content (AvgIpc) is 3.12. The third kappa shape index (κ3) is 4.31. The summed E-state index contributed by atoms with van der Waals surface area (Å²) in [7, 11) is 4.18. The molecular formula is C20H29N5O. The van der Waals surface area contributed by atoms with Crippen LogP contribution in [-0.2, 0) is 0 Å². The van der Waals surface area contributed by atoms with Gasteiger partial charge in [0.25, 0.3) is 0 Å². The van der Waals surface area contributed by atoms with Crippen LogP contribution in [0.25, 0.3) is 0 Å². The molecule has 26 heavy (non-hydrogen) atoms. The molecular weight excluding hydrogens is 326 g/mol. The van der Waals surface area contributed by atoms with Crippen molar-refractivity contribution in [2.45, 2.75) is 31.8 Å². The summed E-state index contributed by atoms with van der Waals surface area (Å²) in [5.41, 5.74) is 2.55. The first-order chi connectivity index (χ1) is 12.6. The fraction of sp³-hybridized carbons (Fsp3) is 0.500. The lowest BCUT2D eigenvalue weighted by Crippen LogP contribution is -2.33. The predicted molar refractivity (Wildman–Crippen MR) is 106 cm³/mol. The number of nitrogens with zero attached hydrogens (tertiary/aromatic N) is 4. The van der Waals surface area contributed by atoms with Crippen molar-refractivity contribution in [3.05, 3.63) is 47.8 Å². The van der Waals surface area contributed by atoms with Gasteiger partial charge in [-0.25, -0.2) is 9.97 Å². The molecule has 2 heterocycles. The minimum Gasteiger partial charge on any atom is -0.394 e. The molecule has 0 spiro atoms. The molecule has 2 unspecified atom stereocenters. The van der Waals surface area contributed by atoms with Crippen LogP contribution in [0.5, 0.6) is 0 Å². The SMILES string of the molecule is Cc1ccc(C(CNc2cc(N3CCCC3CO)ncn2)N(C)C)cc1. The summed E-state index contributed by atoms with van der Waals surface area (Å²) in [6.45, 7) is 3.97. The van der Waals surface area contributed by atoms with Crippen LogP contribution < -0.4 is 10.2 Å². The zero-order valence-electron chi connectivity index (χ0n) is 15.9. The molecule has 2 aromatic rings. The van der Waals surface area contributed by atoms with Gasteiger partial charge in [0.15, 0.2) is 0 Å². The van der Waals surface area contributed by atoms with E-state index in [1.807, 2.05) is 6.07 Å². The van der Waals surface area contributed by atoms with Crippen LogP contribution in [0, 0.1) is 6.92 Å². The van der Waals surface area contributed by atoms with Crippen LogP contribution in [0.15, 0.2) is 36.7 Å². The first-order valence-electron chi connectivity index (χ1n) is 9.25. The monoisotopic (exact) mass is 355 g/mol. The van der Waals surface area contributed by atoms with Crippen molar-refractivity contribution in [2.75, 3.05) is 44.0 Å². The van der Waals surface area contributed by atoms with E-state index in [9.17, 15) is 5.11 Å². The number of anilines is 2. The van der Waals surface area contributed by atoms with E-state index >= 15 is 0 Å². The Balaban J connectivity index is 1.70. The fourth-order valence-electron chi connectivity index (χ4n) is 3.52. The van der Waals surface area contributed by atoms with Crippen molar-refractivity contribution in [1.82, 2.24) is 14.9 Å². The molecule has 1 aromatic heterocycles. The number of aryl methyl sites for hydroxylation is 1. The number of rotatable bonds is 7. The Hall–Kier alpha value is -2.18. The van der Waals surface area contributed by atoms with Crippen molar-refractivity contribution in [3.63, 3.8) is 0 Å². The largest absolute Gasteiger partial charge is 0.394 e. The fourth-order valence-corrected chi connectivity index (χ4v) is 3.52. The third-order valence-corrected chi connectivity index (χ3v) is 5.10. The molecule has 0 bridgehead atoms. The standard InChI is InChI=1S/C20H29N5O/c1-15-6-8-16(9-7-15)18(24(2)3)12-21-19-11-20(23-14-22-19)25-10-4-5-17(25)13-26/h6-9,11,14,17-18,26H,4-5,10,12-13H2,1-3H3,(H,21,22,23). The van der Waals surface area contributed by atoms with Crippen LogP contribution in [0.3, 0.4) is 0 Å². The molecule has 0 amide bonds. The van der Waals surface area contributed by atoms with Gasteiger partial charge in [0.1, 0.15) is 18.0 Å². The highest BCUT2D eigenvalue weighted by Crippen LogP contribution is 2.25. The van der Waals surface area contributed by atoms with E-state index < -0.39 is 0 Å². The van der Waals surface area contributed by atoms with E-state index in [0.29, 0.717) is 0 Å². The molecule has 3 rings (SSSR count). The molecule has 1 aliphatic heterocycles. The van der Waals surface area contributed by atoms with Gasteiger partial charge in [-0.2, -0.15) is 0 Å². The molecule has 6 heteroatoms. The van der Waals surface area contributed by atoms with E-state index in [1.54, 1.807) is 6.33 Å². The van der Waals surface area contributed by atoms with E-state index in [4.69, 9.17) is 0 Å². The smallest absolute Gasteiger partial charge is 0.134 e. The molecule has 0 saturated carbocycles. The van der Waals surface area contributed by atoms with Gasteiger partial charge >= 0.3 is 0 Å². The molecule has 1 fully saturated rings. The summed E-state index contributed by atoms with van der Waals surface area (Å²) in [5.74, 6) is 1.70. The Morgan fingerprint density at radius 1 is 1.27 bits per heavy atom. The molecule has 1 aromatic carbocycles. The van der Waals surface area contributed by atoms with Gasteiger partial charge in [-0.1, -0.05) is 29.8 Å². The number of aliphatic hydroxyl groups is 1. The number of hydrogen-bond donors (Lipinski definition) is 2. The Kier molecular flexibility index (Phi) is 6.06. The van der Waals surface area contributed by atoms with Gasteiger partial charge in [0, 0.05) is 19.2 Å². The lowest BCUT2D eigenvalue weighted by Gasteiger charge is -2.26. The van der Waals surface area contributed by atoms with E-state index in [1.165, 1.54) is 11.1 Å². The number of aliphatic hydroxyl groups excluding tert-OH is 1. The number of benzene rings is 1. The highest BCUT2D eigenvalue weighted by molar-refractivity contribution is 5.50. The second-order valence-electron chi connectivity index (χ2n) is 7.20. The lowest BCUT2D eigenvalue weighted by molar-refractivity contribution is 0.266. The average molecular weight is 355 g/mol. The molecule has 1 saturated heterocycles. The predicted octanol–water partition coefficient (Wildman–Crippen LogP) is 2.46. The number of aromatic nitrogens is 2. The molecule has 2 N–H and O–H groups in total. The van der Waals surface area contributed by atoms with Gasteiger partial charge in [-0.05, 0) is 39.4 Å². The highest BCUT2D eigenvalue weighted by atomic mass is 16.3. The first kappa shape index (κ1) is 18.6. The maximum absolute atomic E-state index is 9.54. The molecule has 0 aliphatic carbocycles. The van der Waals surface area contributed by atoms with Gasteiger partial charge in [-0.15, -0.1) is 0 Å². The van der Waals surface area contributed by atoms with Crippen molar-refractivity contribution in [2.24, 2.45) is 0 Å². The summed E-state index contributed by atoms with van der Waals surface area (Å²) in [5, 5.41) is 13.0. The van der Waals surface area contributed by atoms with Gasteiger partial charge in [0.2, 0.25) is 0 Å². The Morgan fingerprint density at radius 3 is 2.73 bits per heavy atom. The number of nitrogens with one attached hydrogen (secondary N) is 1. The van der Waals surface area contributed by atoms with Crippen molar-refractivity contribution >= 4 is 11.6 Å². The van der Waals surface area contributed by atoms with E-state index in [0.717, 1.165) is 37.6 Å². The highest BCUT2D eigenvalue weighted by Gasteiger charge is 2.25. The second-order valence-corrected chi connectivity index (χ2v) is 7.20. The van der Waals surface area contributed by atoms with Crippen molar-refractivity contribution in [3.8, 4) is 0 Å². The number of likely N-dealkylation sites (N-methyl/N-ethyl adjacent to an activating group) is 1. The quantitative estimate of drug-likeness (QED) is 0.795. The topological polar surface area (TPSA) is 64.5 Å². The summed E-state index contributed by atoms with van der Waals surface area (Å²) in [6.07, 6.45) is 3.70.